The predicted molar refractivity (Wildman–Crippen MR) is 62.0 cm³/mol. The molecule has 3 heteroatoms. The molecule has 16 heavy (non-hydrogen) atoms. The number of hydrogen-bond acceptors (Lipinski definition) is 3. The van der Waals surface area contributed by atoms with Crippen molar-refractivity contribution >= 4 is 5.78 Å². The van der Waals surface area contributed by atoms with Crippen LogP contribution >= 0.6 is 0 Å². The van der Waals surface area contributed by atoms with E-state index in [1.807, 2.05) is 30.3 Å². The summed E-state index contributed by atoms with van der Waals surface area (Å²) >= 11 is 0. The van der Waals surface area contributed by atoms with Gasteiger partial charge >= 0.3 is 0 Å². The van der Waals surface area contributed by atoms with E-state index in [1.54, 1.807) is 0 Å². The van der Waals surface area contributed by atoms with Gasteiger partial charge in [0.1, 0.15) is 12.2 Å². The molecule has 0 aliphatic heterocycles. The number of carbonyl (C=O) groups excluding carboxylic acids is 1. The van der Waals surface area contributed by atoms with E-state index in [1.165, 1.54) is 6.08 Å². The van der Waals surface area contributed by atoms with E-state index in [4.69, 9.17) is 5.11 Å². The van der Waals surface area contributed by atoms with Crippen molar-refractivity contribution in [3.63, 3.8) is 0 Å². The Balaban J connectivity index is 2.87. The second kappa shape index (κ2) is 5.58. The van der Waals surface area contributed by atoms with Gasteiger partial charge in [-0.1, -0.05) is 36.4 Å². The summed E-state index contributed by atoms with van der Waals surface area (Å²) in [4.78, 5) is 11.5. The summed E-state index contributed by atoms with van der Waals surface area (Å²) in [6.45, 7) is 2.85. The minimum absolute atomic E-state index is 0.140. The molecular formula is C13H16O3. The Bertz CT molecular complexity index is 359. The van der Waals surface area contributed by atoms with Crippen molar-refractivity contribution in [3.05, 3.63) is 48.6 Å². The molecule has 86 valence electrons. The molecule has 2 N–H and O–H groups in total. The van der Waals surface area contributed by atoms with Gasteiger partial charge in [0.2, 0.25) is 0 Å². The van der Waals surface area contributed by atoms with Crippen molar-refractivity contribution < 1.29 is 15.0 Å². The zero-order valence-corrected chi connectivity index (χ0v) is 9.10. The quantitative estimate of drug-likeness (QED) is 0.706. The summed E-state index contributed by atoms with van der Waals surface area (Å²) in [7, 11) is 0. The maximum Gasteiger partial charge on any atom is 0.190 e. The number of benzene rings is 1. The highest BCUT2D eigenvalue weighted by molar-refractivity contribution is 5.88. The van der Waals surface area contributed by atoms with Crippen LogP contribution in [-0.4, -0.2) is 28.2 Å². The van der Waals surface area contributed by atoms with Gasteiger partial charge in [0.05, 0.1) is 0 Å². The fraction of sp³-hybridized carbons (Fsp3) is 0.308. The number of carbonyl (C=O) groups is 1. The van der Waals surface area contributed by atoms with E-state index >= 15 is 0 Å². The summed E-state index contributed by atoms with van der Waals surface area (Å²) in [6, 6.07) is 9.21. The van der Waals surface area contributed by atoms with Gasteiger partial charge in [-0.3, -0.25) is 4.79 Å². The lowest BCUT2D eigenvalue weighted by molar-refractivity contribution is -0.140. The first-order chi connectivity index (χ1) is 7.62. The highest BCUT2D eigenvalue weighted by Gasteiger charge is 2.33. The maximum absolute atomic E-state index is 11.5. The van der Waals surface area contributed by atoms with Crippen LogP contribution in [0, 0.1) is 0 Å². The average Bonchev–Trinajstić information content (AvgIpc) is 2.29. The molecule has 3 nitrogen and oxygen atoms in total. The van der Waals surface area contributed by atoms with Crippen LogP contribution in [0.1, 0.15) is 12.0 Å². The lowest BCUT2D eigenvalue weighted by Crippen LogP contribution is -2.42. The van der Waals surface area contributed by atoms with Gasteiger partial charge in [-0.05, 0) is 5.56 Å². The minimum Gasteiger partial charge on any atom is -0.388 e. The van der Waals surface area contributed by atoms with E-state index in [9.17, 15) is 9.90 Å². The molecule has 0 aliphatic carbocycles. The van der Waals surface area contributed by atoms with Crippen LogP contribution < -0.4 is 0 Å². The Morgan fingerprint density at radius 1 is 1.38 bits per heavy atom. The first kappa shape index (κ1) is 12.6. The van der Waals surface area contributed by atoms with Crippen molar-refractivity contribution in [2.24, 2.45) is 0 Å². The average molecular weight is 220 g/mol. The lowest BCUT2D eigenvalue weighted by Gasteiger charge is -2.24. The van der Waals surface area contributed by atoms with E-state index in [0.717, 1.165) is 5.56 Å². The fourth-order valence-corrected chi connectivity index (χ4v) is 1.60. The van der Waals surface area contributed by atoms with Gasteiger partial charge in [0, 0.05) is 12.8 Å². The molecule has 1 rings (SSSR count). The number of aliphatic hydroxyl groups is 2. The molecule has 0 amide bonds. The topological polar surface area (TPSA) is 57.5 Å². The Morgan fingerprint density at radius 3 is 2.50 bits per heavy atom. The lowest BCUT2D eigenvalue weighted by atomic mass is 9.87. The number of aliphatic hydroxyl groups excluding tert-OH is 1. The van der Waals surface area contributed by atoms with Crippen molar-refractivity contribution in [2.75, 3.05) is 6.61 Å². The summed E-state index contributed by atoms with van der Waals surface area (Å²) < 4.78 is 0. The molecule has 0 bridgehead atoms. The molecule has 0 aromatic heterocycles. The second-order valence-electron chi connectivity index (χ2n) is 3.77. The normalized spacial score (nSPS) is 14.1. The molecule has 0 fully saturated rings. The molecule has 0 saturated carbocycles. The van der Waals surface area contributed by atoms with Gasteiger partial charge in [0.25, 0.3) is 0 Å². The van der Waals surface area contributed by atoms with Crippen molar-refractivity contribution in [2.45, 2.75) is 18.4 Å². The SMILES string of the molecule is C=CC[C@@](O)(Cc1ccccc1)C(=O)CO. The highest BCUT2D eigenvalue weighted by atomic mass is 16.3. The highest BCUT2D eigenvalue weighted by Crippen LogP contribution is 2.19. The first-order valence-corrected chi connectivity index (χ1v) is 5.14. The third kappa shape index (κ3) is 3.02. The molecule has 0 aliphatic rings. The van der Waals surface area contributed by atoms with Crippen LogP contribution in [0.25, 0.3) is 0 Å². The molecule has 0 saturated heterocycles. The molecule has 0 heterocycles. The molecular weight excluding hydrogens is 204 g/mol. The van der Waals surface area contributed by atoms with E-state index in [0.29, 0.717) is 0 Å². The fourth-order valence-electron chi connectivity index (χ4n) is 1.60. The van der Waals surface area contributed by atoms with Gasteiger partial charge in [0.15, 0.2) is 5.78 Å². The summed E-state index contributed by atoms with van der Waals surface area (Å²) in [6.07, 6.45) is 1.82. The van der Waals surface area contributed by atoms with Crippen LogP contribution in [0.15, 0.2) is 43.0 Å². The minimum atomic E-state index is -1.54. The Labute approximate surface area is 95.0 Å². The van der Waals surface area contributed by atoms with Gasteiger partial charge in [-0.25, -0.2) is 0 Å². The van der Waals surface area contributed by atoms with E-state index in [-0.39, 0.29) is 12.8 Å². The van der Waals surface area contributed by atoms with Crippen LogP contribution in [0.5, 0.6) is 0 Å². The number of rotatable bonds is 6. The smallest absolute Gasteiger partial charge is 0.190 e. The van der Waals surface area contributed by atoms with Crippen LogP contribution in [0.2, 0.25) is 0 Å². The number of hydrogen-bond donors (Lipinski definition) is 2. The zero-order chi connectivity index (χ0) is 12.0. The van der Waals surface area contributed by atoms with Crippen LogP contribution in [-0.2, 0) is 11.2 Å². The summed E-state index contributed by atoms with van der Waals surface area (Å²) in [5.41, 5.74) is -0.689. The number of Topliss-reactive ketones (excluding diaryl/α,β-unsaturated/α-hetero) is 1. The second-order valence-corrected chi connectivity index (χ2v) is 3.77. The molecule has 1 aromatic carbocycles. The maximum atomic E-state index is 11.5. The van der Waals surface area contributed by atoms with Gasteiger partial charge < -0.3 is 10.2 Å². The summed E-state index contributed by atoms with van der Waals surface area (Å²) in [5.74, 6) is -0.573. The molecule has 0 unspecified atom stereocenters. The standard InChI is InChI=1S/C13H16O3/c1-2-8-13(16,12(15)10-14)9-11-6-4-3-5-7-11/h2-7,14,16H,1,8-10H2/t13-/m1/s1. The molecule has 1 atom stereocenters. The monoisotopic (exact) mass is 220 g/mol. The predicted octanol–water partition coefficient (Wildman–Crippen LogP) is 1.10. The van der Waals surface area contributed by atoms with Crippen molar-refractivity contribution in [1.29, 1.82) is 0 Å². The van der Waals surface area contributed by atoms with Crippen LogP contribution in [0.4, 0.5) is 0 Å². The Hall–Kier alpha value is -1.45. The van der Waals surface area contributed by atoms with E-state index in [2.05, 4.69) is 6.58 Å². The van der Waals surface area contributed by atoms with Gasteiger partial charge in [-0.15, -0.1) is 6.58 Å². The molecule has 0 radical (unpaired) electrons. The summed E-state index contributed by atoms with van der Waals surface area (Å²) in [5, 5.41) is 19.0. The van der Waals surface area contributed by atoms with E-state index < -0.39 is 18.0 Å². The molecule has 1 aromatic rings. The molecule has 0 spiro atoms. The zero-order valence-electron chi connectivity index (χ0n) is 9.10. The Morgan fingerprint density at radius 2 is 2.00 bits per heavy atom. The van der Waals surface area contributed by atoms with Crippen LogP contribution in [0.3, 0.4) is 0 Å². The van der Waals surface area contributed by atoms with Crippen molar-refractivity contribution in [1.82, 2.24) is 0 Å². The van der Waals surface area contributed by atoms with Gasteiger partial charge in [-0.2, -0.15) is 0 Å². The first-order valence-electron chi connectivity index (χ1n) is 5.14. The van der Waals surface area contributed by atoms with Crippen molar-refractivity contribution in [3.8, 4) is 0 Å². The Kier molecular flexibility index (Phi) is 4.40. The third-order valence-corrected chi connectivity index (χ3v) is 2.48. The largest absolute Gasteiger partial charge is 0.388 e. The number of ketones is 1. The third-order valence-electron chi connectivity index (χ3n) is 2.48.